The molecular formula is C25H14N4. The van der Waals surface area contributed by atoms with Gasteiger partial charge in [0.2, 0.25) is 5.95 Å². The highest BCUT2D eigenvalue weighted by molar-refractivity contribution is 6.27. The number of benzene rings is 4. The molecule has 0 N–H and O–H groups in total. The average molecular weight is 370 g/mol. The summed E-state index contributed by atoms with van der Waals surface area (Å²) in [5.74, 6) is 0.641. The molecule has 0 unspecified atom stereocenters. The molecule has 7 rings (SSSR count). The number of hydrogen-bond donors (Lipinski definition) is 0. The van der Waals surface area contributed by atoms with Crippen LogP contribution in [0.2, 0.25) is 0 Å². The van der Waals surface area contributed by atoms with Gasteiger partial charge in [-0.05, 0) is 39.8 Å². The van der Waals surface area contributed by atoms with Crippen LogP contribution in [-0.4, -0.2) is 19.5 Å². The molecule has 0 atom stereocenters. The third-order valence-electron chi connectivity index (χ3n) is 5.98. The molecule has 4 nitrogen and oxygen atoms in total. The second-order valence-corrected chi connectivity index (χ2v) is 7.38. The summed E-state index contributed by atoms with van der Waals surface area (Å²) >= 11 is 0. The molecule has 0 spiro atoms. The summed E-state index contributed by atoms with van der Waals surface area (Å²) in [6.45, 7) is 0. The van der Waals surface area contributed by atoms with Crippen LogP contribution in [0.15, 0.2) is 85.5 Å². The molecule has 0 saturated carbocycles. The first-order valence-corrected chi connectivity index (χ1v) is 9.63. The third-order valence-corrected chi connectivity index (χ3v) is 5.98. The molecule has 0 bridgehead atoms. The Labute approximate surface area is 166 Å². The Morgan fingerprint density at radius 1 is 0.586 bits per heavy atom. The van der Waals surface area contributed by atoms with Crippen LogP contribution in [0.1, 0.15) is 0 Å². The summed E-state index contributed by atoms with van der Waals surface area (Å²) in [6.07, 6.45) is 3.11. The number of para-hydroxylation sites is 1. The maximum absolute atomic E-state index is 4.47. The Hall–Kier alpha value is -4.05. The van der Waals surface area contributed by atoms with E-state index in [0.29, 0.717) is 5.95 Å². The molecule has 4 aromatic carbocycles. The van der Waals surface area contributed by atoms with E-state index < -0.39 is 0 Å². The average Bonchev–Trinajstić information content (AvgIpc) is 3.30. The predicted octanol–water partition coefficient (Wildman–Crippen LogP) is 5.77. The summed E-state index contributed by atoms with van der Waals surface area (Å²) in [7, 11) is 0. The molecule has 4 heteroatoms. The molecule has 1 aliphatic carbocycles. The Bertz CT molecular complexity index is 1600. The van der Waals surface area contributed by atoms with Crippen LogP contribution in [0.4, 0.5) is 0 Å². The van der Waals surface area contributed by atoms with Crippen LogP contribution in [0.25, 0.3) is 60.8 Å². The molecule has 0 saturated heterocycles. The standard InChI is InChI=1S/C25H14N4/c1-2-7-16-15(6-1)18-9-5-10-19-23(18)20(16)12-21-17-8-3-4-11-22(17)29(24(19)21)25-27-13-26-14-28-25/h1-14H. The van der Waals surface area contributed by atoms with Gasteiger partial charge >= 0.3 is 0 Å². The van der Waals surface area contributed by atoms with Crippen molar-refractivity contribution in [2.75, 3.05) is 0 Å². The van der Waals surface area contributed by atoms with Crippen LogP contribution >= 0.6 is 0 Å². The maximum Gasteiger partial charge on any atom is 0.237 e. The third kappa shape index (κ3) is 1.81. The molecule has 1 aliphatic rings. The summed E-state index contributed by atoms with van der Waals surface area (Å²) in [4.78, 5) is 12.9. The first-order chi connectivity index (χ1) is 14.4. The summed E-state index contributed by atoms with van der Waals surface area (Å²) in [5, 5.41) is 4.95. The van der Waals surface area contributed by atoms with E-state index in [9.17, 15) is 0 Å². The van der Waals surface area contributed by atoms with E-state index in [2.05, 4.69) is 92.3 Å². The van der Waals surface area contributed by atoms with Crippen molar-refractivity contribution in [3.8, 4) is 28.2 Å². The van der Waals surface area contributed by atoms with Crippen molar-refractivity contribution in [1.82, 2.24) is 19.5 Å². The van der Waals surface area contributed by atoms with Gasteiger partial charge in [0.1, 0.15) is 12.7 Å². The normalized spacial score (nSPS) is 12.1. The highest BCUT2D eigenvalue weighted by Crippen LogP contribution is 2.50. The number of fused-ring (bicyclic) bond motifs is 7. The minimum Gasteiger partial charge on any atom is -0.277 e. The molecule has 2 heterocycles. The van der Waals surface area contributed by atoms with Gasteiger partial charge in [0.05, 0.1) is 11.0 Å². The van der Waals surface area contributed by atoms with Gasteiger partial charge < -0.3 is 0 Å². The molecule has 6 aromatic rings. The van der Waals surface area contributed by atoms with Gasteiger partial charge in [-0.3, -0.25) is 4.57 Å². The lowest BCUT2D eigenvalue weighted by Crippen LogP contribution is -2.01. The van der Waals surface area contributed by atoms with E-state index in [1.807, 2.05) is 0 Å². The van der Waals surface area contributed by atoms with Gasteiger partial charge in [0.15, 0.2) is 0 Å². The fraction of sp³-hybridized carbons (Fsp3) is 0. The van der Waals surface area contributed by atoms with Gasteiger partial charge in [0, 0.05) is 16.2 Å². The molecular weight excluding hydrogens is 356 g/mol. The second kappa shape index (κ2) is 5.26. The van der Waals surface area contributed by atoms with Crippen molar-refractivity contribution in [2.24, 2.45) is 0 Å². The molecule has 0 radical (unpaired) electrons. The summed E-state index contributed by atoms with van der Waals surface area (Å²) in [6, 6.07) is 26.1. The van der Waals surface area contributed by atoms with Crippen molar-refractivity contribution in [1.29, 1.82) is 0 Å². The van der Waals surface area contributed by atoms with Crippen molar-refractivity contribution in [2.45, 2.75) is 0 Å². The van der Waals surface area contributed by atoms with E-state index in [-0.39, 0.29) is 0 Å². The topological polar surface area (TPSA) is 43.6 Å². The minimum absolute atomic E-state index is 0.641. The van der Waals surface area contributed by atoms with Crippen LogP contribution < -0.4 is 0 Å². The molecule has 0 fully saturated rings. The predicted molar refractivity (Wildman–Crippen MR) is 116 cm³/mol. The van der Waals surface area contributed by atoms with Crippen LogP contribution in [-0.2, 0) is 0 Å². The first-order valence-electron chi connectivity index (χ1n) is 9.63. The van der Waals surface area contributed by atoms with E-state index >= 15 is 0 Å². The fourth-order valence-corrected chi connectivity index (χ4v) is 4.88. The van der Waals surface area contributed by atoms with Gasteiger partial charge in [-0.25, -0.2) is 15.0 Å². The number of nitrogens with zero attached hydrogens (tertiary/aromatic N) is 4. The number of rotatable bonds is 1. The lowest BCUT2D eigenvalue weighted by atomic mass is 9.99. The smallest absolute Gasteiger partial charge is 0.237 e. The van der Waals surface area contributed by atoms with Crippen molar-refractivity contribution < 1.29 is 0 Å². The molecule has 2 aromatic heterocycles. The van der Waals surface area contributed by atoms with Crippen molar-refractivity contribution in [3.63, 3.8) is 0 Å². The zero-order chi connectivity index (χ0) is 18.9. The maximum atomic E-state index is 4.47. The zero-order valence-corrected chi connectivity index (χ0v) is 15.4. The Kier molecular flexibility index (Phi) is 2.71. The van der Waals surface area contributed by atoms with Crippen molar-refractivity contribution >= 4 is 32.6 Å². The minimum atomic E-state index is 0.641. The summed E-state index contributed by atoms with van der Waals surface area (Å²) in [5.41, 5.74) is 7.45. The Morgan fingerprint density at radius 2 is 1.28 bits per heavy atom. The van der Waals surface area contributed by atoms with Gasteiger partial charge in [-0.2, -0.15) is 0 Å². The Balaban J connectivity index is 1.78. The lowest BCUT2D eigenvalue weighted by Gasteiger charge is -2.09. The summed E-state index contributed by atoms with van der Waals surface area (Å²) < 4.78 is 2.16. The molecule has 0 amide bonds. The first kappa shape index (κ1) is 14.9. The van der Waals surface area contributed by atoms with Crippen LogP contribution in [0, 0.1) is 0 Å². The van der Waals surface area contributed by atoms with Gasteiger partial charge in [-0.15, -0.1) is 0 Å². The zero-order valence-electron chi connectivity index (χ0n) is 15.4. The monoisotopic (exact) mass is 370 g/mol. The molecule has 134 valence electrons. The van der Waals surface area contributed by atoms with Gasteiger partial charge in [-0.1, -0.05) is 60.7 Å². The van der Waals surface area contributed by atoms with E-state index in [1.165, 1.54) is 43.8 Å². The van der Waals surface area contributed by atoms with Crippen LogP contribution in [0.5, 0.6) is 0 Å². The van der Waals surface area contributed by atoms with E-state index in [4.69, 9.17) is 0 Å². The fourth-order valence-electron chi connectivity index (χ4n) is 4.88. The Morgan fingerprint density at radius 3 is 2.14 bits per heavy atom. The SMILES string of the molecule is c1ccc2c(c1)-c1cccc3c1c-2cc1c2ccccc2n(-c2ncncn2)c31. The largest absolute Gasteiger partial charge is 0.277 e. The van der Waals surface area contributed by atoms with Crippen LogP contribution in [0.3, 0.4) is 0 Å². The second-order valence-electron chi connectivity index (χ2n) is 7.38. The number of aromatic nitrogens is 4. The molecule has 29 heavy (non-hydrogen) atoms. The lowest BCUT2D eigenvalue weighted by molar-refractivity contribution is 0.941. The van der Waals surface area contributed by atoms with E-state index in [1.54, 1.807) is 12.7 Å². The highest BCUT2D eigenvalue weighted by atomic mass is 15.2. The van der Waals surface area contributed by atoms with E-state index in [0.717, 1.165) is 11.0 Å². The highest BCUT2D eigenvalue weighted by Gasteiger charge is 2.25. The number of hydrogen-bond acceptors (Lipinski definition) is 3. The van der Waals surface area contributed by atoms with Gasteiger partial charge in [0.25, 0.3) is 0 Å². The quantitative estimate of drug-likeness (QED) is 0.368. The van der Waals surface area contributed by atoms with Crippen molar-refractivity contribution in [3.05, 3.63) is 85.5 Å². The molecule has 0 aliphatic heterocycles.